The van der Waals surface area contributed by atoms with Gasteiger partial charge < -0.3 is 20.8 Å². The second kappa shape index (κ2) is 7.53. The minimum Gasteiger partial charge on any atom is -0.504 e. The normalized spacial score (nSPS) is 8.94. The number of nitrogens with zero attached hydrogens (tertiary/aromatic N) is 1. The van der Waals surface area contributed by atoms with Gasteiger partial charge >= 0.3 is 0 Å². The highest BCUT2D eigenvalue weighted by Gasteiger charge is 1.98. The molecule has 0 radical (unpaired) electrons. The van der Waals surface area contributed by atoms with E-state index in [1.165, 1.54) is 17.0 Å². The third-order valence-electron chi connectivity index (χ3n) is 1.68. The fourth-order valence-corrected chi connectivity index (χ4v) is 0.891. The predicted molar refractivity (Wildman–Crippen MR) is 62.3 cm³/mol. The van der Waals surface area contributed by atoms with Crippen molar-refractivity contribution in [2.75, 3.05) is 20.6 Å². The molecular weight excluding hydrogens is 208 g/mol. The van der Waals surface area contributed by atoms with Crippen LogP contribution in [0.3, 0.4) is 0 Å². The molecule has 0 aliphatic rings. The van der Waals surface area contributed by atoms with E-state index in [9.17, 15) is 4.79 Å². The zero-order valence-electron chi connectivity index (χ0n) is 9.55. The van der Waals surface area contributed by atoms with Crippen molar-refractivity contribution in [2.45, 2.75) is 6.42 Å². The van der Waals surface area contributed by atoms with E-state index in [4.69, 9.17) is 15.9 Å². The number of carbonyl (C=O) groups excluding carboxylic acids is 1. The Labute approximate surface area is 95.1 Å². The van der Waals surface area contributed by atoms with Crippen molar-refractivity contribution in [3.63, 3.8) is 0 Å². The minimum absolute atomic E-state index is 0.0871. The molecule has 4 N–H and O–H groups in total. The number of hydrogen-bond acceptors (Lipinski definition) is 4. The lowest BCUT2D eigenvalue weighted by molar-refractivity contribution is -0.115. The molecule has 90 valence electrons. The molecule has 5 heteroatoms. The molecule has 1 rings (SSSR count). The topological polar surface area (TPSA) is 86.8 Å². The predicted octanol–water partition coefficient (Wildman–Crippen LogP) is 0.303. The quantitative estimate of drug-likeness (QED) is 0.511. The van der Waals surface area contributed by atoms with Gasteiger partial charge in [0.1, 0.15) is 0 Å². The van der Waals surface area contributed by atoms with E-state index in [0.717, 1.165) is 12.0 Å². The molecule has 0 aromatic heterocycles. The highest BCUT2D eigenvalue weighted by molar-refractivity contribution is 5.45. The Bertz CT molecular complexity index is 327. The SMILES string of the molecule is CN(C)C=O.NCCc1ccc(O)c(O)c1. The maximum atomic E-state index is 9.43. The van der Waals surface area contributed by atoms with Gasteiger partial charge in [-0.2, -0.15) is 0 Å². The van der Waals surface area contributed by atoms with Crippen LogP contribution in [-0.4, -0.2) is 42.2 Å². The van der Waals surface area contributed by atoms with Crippen LogP contribution >= 0.6 is 0 Å². The maximum absolute atomic E-state index is 9.43. The van der Waals surface area contributed by atoms with Crippen LogP contribution in [0.2, 0.25) is 0 Å². The van der Waals surface area contributed by atoms with Gasteiger partial charge in [-0.05, 0) is 30.7 Å². The molecule has 0 saturated heterocycles. The van der Waals surface area contributed by atoms with Crippen molar-refractivity contribution in [1.29, 1.82) is 0 Å². The summed E-state index contributed by atoms with van der Waals surface area (Å²) in [5, 5.41) is 18.0. The van der Waals surface area contributed by atoms with Crippen LogP contribution in [-0.2, 0) is 11.2 Å². The first kappa shape index (κ1) is 14.2. The average Bonchev–Trinajstić information content (AvgIpc) is 2.25. The van der Waals surface area contributed by atoms with Gasteiger partial charge in [-0.1, -0.05) is 6.07 Å². The van der Waals surface area contributed by atoms with E-state index in [1.807, 2.05) is 0 Å². The highest BCUT2D eigenvalue weighted by atomic mass is 16.3. The van der Waals surface area contributed by atoms with Gasteiger partial charge in [0.15, 0.2) is 11.5 Å². The molecule has 1 amide bonds. The number of carbonyl (C=O) groups is 1. The van der Waals surface area contributed by atoms with Gasteiger partial charge in [-0.25, -0.2) is 0 Å². The zero-order valence-corrected chi connectivity index (χ0v) is 9.55. The molecule has 0 aliphatic heterocycles. The van der Waals surface area contributed by atoms with Crippen molar-refractivity contribution in [1.82, 2.24) is 4.90 Å². The molecule has 16 heavy (non-hydrogen) atoms. The highest BCUT2D eigenvalue weighted by Crippen LogP contribution is 2.24. The summed E-state index contributed by atoms with van der Waals surface area (Å²) in [6.45, 7) is 0.546. The number of phenolic OH excluding ortho intramolecular Hbond substituents is 2. The molecular formula is C11H18N2O3. The van der Waals surface area contributed by atoms with E-state index < -0.39 is 0 Å². The maximum Gasteiger partial charge on any atom is 0.209 e. The van der Waals surface area contributed by atoms with Crippen molar-refractivity contribution >= 4 is 6.41 Å². The van der Waals surface area contributed by atoms with Gasteiger partial charge in [-0.3, -0.25) is 4.79 Å². The third kappa shape index (κ3) is 5.87. The van der Waals surface area contributed by atoms with Crippen LogP contribution < -0.4 is 5.73 Å². The fraction of sp³-hybridized carbons (Fsp3) is 0.364. The summed E-state index contributed by atoms with van der Waals surface area (Å²) in [7, 11) is 3.38. The Hall–Kier alpha value is -1.75. The number of aromatic hydroxyl groups is 2. The Balaban J connectivity index is 0.000000385. The number of benzene rings is 1. The van der Waals surface area contributed by atoms with Gasteiger partial charge in [0.2, 0.25) is 6.41 Å². The van der Waals surface area contributed by atoms with Gasteiger partial charge in [0, 0.05) is 14.1 Å². The first-order valence-corrected chi connectivity index (χ1v) is 4.84. The van der Waals surface area contributed by atoms with Crippen LogP contribution in [0.15, 0.2) is 18.2 Å². The van der Waals surface area contributed by atoms with Gasteiger partial charge in [0.05, 0.1) is 0 Å². The molecule has 1 aromatic rings. The first-order valence-electron chi connectivity index (χ1n) is 4.84. The van der Waals surface area contributed by atoms with Crippen LogP contribution in [0.25, 0.3) is 0 Å². The van der Waals surface area contributed by atoms with Crippen molar-refractivity contribution in [3.05, 3.63) is 23.8 Å². The molecule has 0 fully saturated rings. The van der Waals surface area contributed by atoms with Crippen molar-refractivity contribution in [2.24, 2.45) is 5.73 Å². The summed E-state index contributed by atoms with van der Waals surface area (Å²) < 4.78 is 0. The summed E-state index contributed by atoms with van der Waals surface area (Å²) in [4.78, 5) is 10.9. The number of nitrogens with two attached hydrogens (primary N) is 1. The lowest BCUT2D eigenvalue weighted by Gasteiger charge is -2.00. The molecule has 1 aromatic carbocycles. The Morgan fingerprint density at radius 1 is 1.31 bits per heavy atom. The smallest absolute Gasteiger partial charge is 0.209 e. The summed E-state index contributed by atoms with van der Waals surface area (Å²) in [6, 6.07) is 4.71. The van der Waals surface area contributed by atoms with Crippen molar-refractivity contribution < 1.29 is 15.0 Å². The Kier molecular flexibility index (Phi) is 6.71. The molecule has 0 aliphatic carbocycles. The number of amides is 1. The molecule has 5 nitrogen and oxygen atoms in total. The Morgan fingerprint density at radius 2 is 1.88 bits per heavy atom. The summed E-state index contributed by atoms with van der Waals surface area (Å²) in [6.07, 6.45) is 1.47. The van der Waals surface area contributed by atoms with Gasteiger partial charge in [-0.15, -0.1) is 0 Å². The van der Waals surface area contributed by atoms with Gasteiger partial charge in [0.25, 0.3) is 0 Å². The molecule has 0 saturated carbocycles. The first-order chi connectivity index (χ1) is 7.51. The standard InChI is InChI=1S/C8H11NO2.C3H7NO/c9-4-3-6-1-2-7(10)8(11)5-6;1-4(2)3-5/h1-2,5,10-11H,3-4,9H2;3H,1-2H3. The number of hydrogen-bond donors (Lipinski definition) is 3. The number of rotatable bonds is 3. The van der Waals surface area contributed by atoms with E-state index in [0.29, 0.717) is 13.0 Å². The monoisotopic (exact) mass is 226 g/mol. The second-order valence-electron chi connectivity index (χ2n) is 3.43. The Morgan fingerprint density at radius 3 is 2.25 bits per heavy atom. The molecule has 0 unspecified atom stereocenters. The average molecular weight is 226 g/mol. The molecule has 0 bridgehead atoms. The van der Waals surface area contributed by atoms with E-state index in [1.54, 1.807) is 20.2 Å². The van der Waals surface area contributed by atoms with Crippen LogP contribution in [0.1, 0.15) is 5.56 Å². The molecule has 0 heterocycles. The fourth-order valence-electron chi connectivity index (χ4n) is 0.891. The van der Waals surface area contributed by atoms with Crippen molar-refractivity contribution in [3.8, 4) is 11.5 Å². The number of phenols is 2. The largest absolute Gasteiger partial charge is 0.504 e. The van der Waals surface area contributed by atoms with Crippen LogP contribution in [0.4, 0.5) is 0 Å². The lowest BCUT2D eigenvalue weighted by Crippen LogP contribution is -2.06. The molecule has 0 spiro atoms. The minimum atomic E-state index is -0.0919. The van der Waals surface area contributed by atoms with E-state index in [-0.39, 0.29) is 11.5 Å². The second-order valence-corrected chi connectivity index (χ2v) is 3.43. The summed E-state index contributed by atoms with van der Waals surface area (Å²) in [5.41, 5.74) is 6.24. The third-order valence-corrected chi connectivity index (χ3v) is 1.68. The summed E-state index contributed by atoms with van der Waals surface area (Å²) >= 11 is 0. The van der Waals surface area contributed by atoms with E-state index in [2.05, 4.69) is 0 Å². The van der Waals surface area contributed by atoms with E-state index >= 15 is 0 Å². The lowest BCUT2D eigenvalue weighted by atomic mass is 10.1. The molecule has 0 atom stereocenters. The zero-order chi connectivity index (χ0) is 12.6. The summed E-state index contributed by atoms with van der Waals surface area (Å²) in [5.74, 6) is -0.179. The van der Waals surface area contributed by atoms with Crippen LogP contribution in [0, 0.1) is 0 Å². The van der Waals surface area contributed by atoms with Crippen LogP contribution in [0.5, 0.6) is 11.5 Å².